The number of thiophene rings is 1. The predicted molar refractivity (Wildman–Crippen MR) is 94.1 cm³/mol. The van der Waals surface area contributed by atoms with E-state index in [0.717, 1.165) is 23.8 Å². The van der Waals surface area contributed by atoms with Crippen LogP contribution in [-0.2, 0) is 21.2 Å². The summed E-state index contributed by atoms with van der Waals surface area (Å²) in [6, 6.07) is 8.85. The number of rotatable bonds is 7. The van der Waals surface area contributed by atoms with Crippen molar-refractivity contribution in [1.82, 2.24) is 5.32 Å². The fourth-order valence-electron chi connectivity index (χ4n) is 2.18. The maximum atomic E-state index is 12.0. The van der Waals surface area contributed by atoms with Gasteiger partial charge in [-0.2, -0.15) is 11.3 Å². The molecule has 124 valence electrons. The van der Waals surface area contributed by atoms with Gasteiger partial charge < -0.3 is 5.32 Å². The second-order valence-corrected chi connectivity index (χ2v) is 7.95. The first-order chi connectivity index (χ1) is 10.8. The summed E-state index contributed by atoms with van der Waals surface area (Å²) in [5.74, 6) is -0.0230. The van der Waals surface area contributed by atoms with Crippen molar-refractivity contribution in [3.05, 3.63) is 52.2 Å². The van der Waals surface area contributed by atoms with Gasteiger partial charge in [-0.15, -0.1) is 0 Å². The average Bonchev–Trinajstić information content (AvgIpc) is 2.97. The number of carbonyl (C=O) groups is 1. The molecule has 7 heteroatoms. The topological polar surface area (TPSA) is 75.3 Å². The molecule has 1 atom stereocenters. The molecule has 0 saturated carbocycles. The van der Waals surface area contributed by atoms with Gasteiger partial charge in [-0.05, 0) is 53.4 Å². The Kier molecular flexibility index (Phi) is 5.79. The third-order valence-corrected chi connectivity index (χ3v) is 4.63. The lowest BCUT2D eigenvalue weighted by Gasteiger charge is -2.15. The van der Waals surface area contributed by atoms with Gasteiger partial charge in [0.25, 0.3) is 0 Å². The largest absolute Gasteiger partial charge is 0.350 e. The molecular weight excluding hydrogens is 332 g/mol. The van der Waals surface area contributed by atoms with Crippen LogP contribution in [0.2, 0.25) is 0 Å². The minimum absolute atomic E-state index is 0.0230. The Balaban J connectivity index is 1.93. The van der Waals surface area contributed by atoms with Gasteiger partial charge in [0.15, 0.2) is 0 Å². The molecule has 0 aliphatic rings. The zero-order valence-electron chi connectivity index (χ0n) is 13.1. The highest BCUT2D eigenvalue weighted by Gasteiger charge is 2.11. The van der Waals surface area contributed by atoms with Crippen molar-refractivity contribution in [2.45, 2.75) is 25.8 Å². The summed E-state index contributed by atoms with van der Waals surface area (Å²) < 4.78 is 25.0. The Hall–Kier alpha value is -1.86. The smallest absolute Gasteiger partial charge is 0.229 e. The van der Waals surface area contributed by atoms with Crippen LogP contribution in [0, 0.1) is 0 Å². The van der Waals surface area contributed by atoms with E-state index in [-0.39, 0.29) is 11.9 Å². The van der Waals surface area contributed by atoms with Crippen LogP contribution in [0.25, 0.3) is 0 Å². The number of carbonyl (C=O) groups excluding carboxylic acids is 1. The van der Waals surface area contributed by atoms with E-state index in [0.29, 0.717) is 12.1 Å². The lowest BCUT2D eigenvalue weighted by molar-refractivity contribution is -0.121. The van der Waals surface area contributed by atoms with Crippen LogP contribution in [-0.4, -0.2) is 20.6 Å². The molecule has 1 aromatic heterocycles. The quantitative estimate of drug-likeness (QED) is 0.804. The molecule has 2 rings (SSSR count). The standard InChI is InChI=1S/C16H20N2O3S2/c1-12(17-16(19)7-6-13-8-9-22-11-13)14-4-3-5-15(10-14)18-23(2,20)21/h3-5,8-12,18H,6-7H2,1-2H3,(H,17,19)/t12-/m0/s1. The SMILES string of the molecule is C[C@H](NC(=O)CCc1ccsc1)c1cccc(NS(C)(=O)=O)c1. The first-order valence-electron chi connectivity index (χ1n) is 7.22. The molecule has 5 nitrogen and oxygen atoms in total. The van der Waals surface area contributed by atoms with Crippen molar-refractivity contribution >= 4 is 33.0 Å². The van der Waals surface area contributed by atoms with Crippen LogP contribution < -0.4 is 10.0 Å². The Morgan fingerprint density at radius 3 is 2.74 bits per heavy atom. The number of hydrogen-bond donors (Lipinski definition) is 2. The van der Waals surface area contributed by atoms with Gasteiger partial charge in [0.2, 0.25) is 15.9 Å². The Morgan fingerprint density at radius 1 is 1.30 bits per heavy atom. The zero-order chi connectivity index (χ0) is 16.9. The molecule has 1 amide bonds. The maximum absolute atomic E-state index is 12.0. The third-order valence-electron chi connectivity index (χ3n) is 3.29. The molecule has 2 aromatic rings. The molecule has 0 bridgehead atoms. The van der Waals surface area contributed by atoms with Crippen molar-refractivity contribution in [3.8, 4) is 0 Å². The van der Waals surface area contributed by atoms with Gasteiger partial charge in [0, 0.05) is 12.1 Å². The van der Waals surface area contributed by atoms with Crippen LogP contribution in [0.1, 0.15) is 30.5 Å². The number of sulfonamides is 1. The Bertz CT molecular complexity index is 755. The minimum atomic E-state index is -3.31. The molecule has 0 unspecified atom stereocenters. The van der Waals surface area contributed by atoms with E-state index in [2.05, 4.69) is 10.0 Å². The molecule has 23 heavy (non-hydrogen) atoms. The summed E-state index contributed by atoms with van der Waals surface area (Å²) >= 11 is 1.62. The highest BCUT2D eigenvalue weighted by molar-refractivity contribution is 7.92. The van der Waals surface area contributed by atoms with Crippen LogP contribution in [0.5, 0.6) is 0 Å². The lowest BCUT2D eigenvalue weighted by atomic mass is 10.1. The number of amides is 1. The highest BCUT2D eigenvalue weighted by atomic mass is 32.2. The Morgan fingerprint density at radius 2 is 2.09 bits per heavy atom. The van der Waals surface area contributed by atoms with Crippen LogP contribution in [0.15, 0.2) is 41.1 Å². The molecule has 1 heterocycles. The van der Waals surface area contributed by atoms with Gasteiger partial charge in [-0.3, -0.25) is 9.52 Å². The fourth-order valence-corrected chi connectivity index (χ4v) is 3.43. The van der Waals surface area contributed by atoms with E-state index >= 15 is 0 Å². The lowest BCUT2D eigenvalue weighted by Crippen LogP contribution is -2.26. The van der Waals surface area contributed by atoms with Crippen molar-refractivity contribution in [3.63, 3.8) is 0 Å². The van der Waals surface area contributed by atoms with Gasteiger partial charge in [-0.25, -0.2) is 8.42 Å². The molecule has 0 radical (unpaired) electrons. The third kappa shape index (κ3) is 6.03. The molecular formula is C16H20N2O3S2. The number of hydrogen-bond acceptors (Lipinski definition) is 4. The van der Waals surface area contributed by atoms with E-state index in [9.17, 15) is 13.2 Å². The predicted octanol–water partition coefficient (Wildman–Crippen LogP) is 2.93. The van der Waals surface area contributed by atoms with E-state index in [1.165, 1.54) is 0 Å². The van der Waals surface area contributed by atoms with Crippen molar-refractivity contribution in [1.29, 1.82) is 0 Å². The molecule has 0 saturated heterocycles. The molecule has 0 spiro atoms. The first-order valence-corrected chi connectivity index (χ1v) is 10.0. The van der Waals surface area contributed by atoms with Gasteiger partial charge in [-0.1, -0.05) is 12.1 Å². The minimum Gasteiger partial charge on any atom is -0.350 e. The summed E-state index contributed by atoms with van der Waals surface area (Å²) in [4.78, 5) is 12.0. The van der Waals surface area contributed by atoms with Crippen LogP contribution in [0.3, 0.4) is 0 Å². The summed E-state index contributed by atoms with van der Waals surface area (Å²) in [5.41, 5.74) is 2.50. The maximum Gasteiger partial charge on any atom is 0.229 e. The number of benzene rings is 1. The molecule has 0 aliphatic carbocycles. The van der Waals surface area contributed by atoms with E-state index in [1.54, 1.807) is 29.5 Å². The van der Waals surface area contributed by atoms with Crippen molar-refractivity contribution in [2.75, 3.05) is 11.0 Å². The van der Waals surface area contributed by atoms with Crippen molar-refractivity contribution < 1.29 is 13.2 Å². The molecule has 1 aromatic carbocycles. The van der Waals surface area contributed by atoms with Crippen LogP contribution in [0.4, 0.5) is 5.69 Å². The van der Waals surface area contributed by atoms with Crippen molar-refractivity contribution in [2.24, 2.45) is 0 Å². The molecule has 0 fully saturated rings. The summed E-state index contributed by atoms with van der Waals surface area (Å²) in [6.45, 7) is 1.88. The summed E-state index contributed by atoms with van der Waals surface area (Å²) in [7, 11) is -3.31. The average molecular weight is 352 g/mol. The summed E-state index contributed by atoms with van der Waals surface area (Å²) in [6.07, 6.45) is 2.26. The number of aryl methyl sites for hydroxylation is 1. The number of nitrogens with one attached hydrogen (secondary N) is 2. The zero-order valence-corrected chi connectivity index (χ0v) is 14.7. The normalized spacial score (nSPS) is 12.6. The highest BCUT2D eigenvalue weighted by Crippen LogP contribution is 2.18. The second kappa shape index (κ2) is 7.61. The van der Waals surface area contributed by atoms with Crippen LogP contribution >= 0.6 is 11.3 Å². The van der Waals surface area contributed by atoms with E-state index < -0.39 is 10.0 Å². The Labute approximate surface area is 140 Å². The van der Waals surface area contributed by atoms with E-state index in [4.69, 9.17) is 0 Å². The monoisotopic (exact) mass is 352 g/mol. The summed E-state index contributed by atoms with van der Waals surface area (Å²) in [5, 5.41) is 6.97. The van der Waals surface area contributed by atoms with Gasteiger partial charge >= 0.3 is 0 Å². The van der Waals surface area contributed by atoms with Gasteiger partial charge in [0.05, 0.1) is 12.3 Å². The fraction of sp³-hybridized carbons (Fsp3) is 0.312. The molecule has 2 N–H and O–H groups in total. The first kappa shape index (κ1) is 17.5. The molecule has 0 aliphatic heterocycles. The number of anilines is 1. The van der Waals surface area contributed by atoms with E-state index in [1.807, 2.05) is 29.8 Å². The van der Waals surface area contributed by atoms with Gasteiger partial charge in [0.1, 0.15) is 0 Å². The second-order valence-electron chi connectivity index (χ2n) is 5.42.